The fourth-order valence-electron chi connectivity index (χ4n) is 2.97. The van der Waals surface area contributed by atoms with Crippen molar-refractivity contribution in [1.82, 2.24) is 9.78 Å². The highest BCUT2D eigenvalue weighted by Gasteiger charge is 2.38. The van der Waals surface area contributed by atoms with E-state index in [0.717, 1.165) is 12.0 Å². The summed E-state index contributed by atoms with van der Waals surface area (Å²) in [6, 6.07) is 2.31. The van der Waals surface area contributed by atoms with Crippen LogP contribution in [0.4, 0.5) is 0 Å². The van der Waals surface area contributed by atoms with Gasteiger partial charge in [-0.05, 0) is 20.3 Å². The van der Waals surface area contributed by atoms with Gasteiger partial charge in [-0.25, -0.2) is 0 Å². The smallest absolute Gasteiger partial charge is 0.205 e. The second-order valence-corrected chi connectivity index (χ2v) is 5.89. The van der Waals surface area contributed by atoms with E-state index in [-0.39, 0.29) is 23.3 Å². The second-order valence-electron chi connectivity index (χ2n) is 5.89. The lowest BCUT2D eigenvalue weighted by Crippen LogP contribution is -2.27. The van der Waals surface area contributed by atoms with Gasteiger partial charge in [0.05, 0.1) is 12.1 Å². The molecule has 2 N–H and O–H groups in total. The number of ketones is 1. The monoisotopic (exact) mass is 298 g/mol. The van der Waals surface area contributed by atoms with E-state index in [9.17, 15) is 10.1 Å². The summed E-state index contributed by atoms with van der Waals surface area (Å²) in [5, 5.41) is 13.8. The third kappa shape index (κ3) is 2.19. The van der Waals surface area contributed by atoms with Gasteiger partial charge in [-0.1, -0.05) is 0 Å². The summed E-state index contributed by atoms with van der Waals surface area (Å²) in [4.78, 5) is 12.4. The van der Waals surface area contributed by atoms with E-state index in [1.165, 1.54) is 0 Å². The fraction of sp³-hybridized carbons (Fsp3) is 0.438. The van der Waals surface area contributed by atoms with E-state index >= 15 is 0 Å². The van der Waals surface area contributed by atoms with Crippen LogP contribution in [0.15, 0.2) is 35.2 Å². The average molecular weight is 298 g/mol. The van der Waals surface area contributed by atoms with Gasteiger partial charge in [-0.2, -0.15) is 10.4 Å². The number of allylic oxidation sites excluding steroid dienone is 3. The molecule has 1 aliphatic carbocycles. The summed E-state index contributed by atoms with van der Waals surface area (Å²) in [6.45, 7) is 4.04. The number of nitriles is 1. The van der Waals surface area contributed by atoms with Crippen LogP contribution in [0.2, 0.25) is 0 Å². The van der Waals surface area contributed by atoms with Gasteiger partial charge < -0.3 is 10.5 Å². The summed E-state index contributed by atoms with van der Waals surface area (Å²) < 4.78 is 7.35. The van der Waals surface area contributed by atoms with Crippen molar-refractivity contribution in [3.63, 3.8) is 0 Å². The van der Waals surface area contributed by atoms with E-state index in [1.807, 2.05) is 24.7 Å². The number of rotatable bonds is 2. The highest BCUT2D eigenvalue weighted by Crippen LogP contribution is 2.43. The predicted octanol–water partition coefficient (Wildman–Crippen LogP) is 2.28. The molecule has 0 aromatic carbocycles. The van der Waals surface area contributed by atoms with Crippen LogP contribution >= 0.6 is 0 Å². The van der Waals surface area contributed by atoms with Gasteiger partial charge in [0.25, 0.3) is 0 Å². The van der Waals surface area contributed by atoms with Crippen LogP contribution in [0.25, 0.3) is 0 Å². The molecule has 0 unspecified atom stereocenters. The topological polar surface area (TPSA) is 93.9 Å². The van der Waals surface area contributed by atoms with Crippen molar-refractivity contribution < 1.29 is 9.53 Å². The Hall–Kier alpha value is -2.55. The van der Waals surface area contributed by atoms with E-state index in [2.05, 4.69) is 11.2 Å². The molecule has 0 fully saturated rings. The molecule has 3 rings (SSSR count). The Labute approximate surface area is 128 Å². The molecule has 0 saturated carbocycles. The Morgan fingerprint density at radius 2 is 2.27 bits per heavy atom. The van der Waals surface area contributed by atoms with E-state index < -0.39 is 5.92 Å². The zero-order valence-electron chi connectivity index (χ0n) is 12.7. The molecule has 1 aliphatic heterocycles. The zero-order chi connectivity index (χ0) is 15.9. The first-order chi connectivity index (χ1) is 10.5. The number of nitrogens with two attached hydrogens (primary N) is 1. The maximum atomic E-state index is 12.4. The Balaban J connectivity index is 2.13. The van der Waals surface area contributed by atoms with Crippen molar-refractivity contribution in [2.45, 2.75) is 45.1 Å². The lowest BCUT2D eigenvalue weighted by atomic mass is 9.78. The minimum Gasteiger partial charge on any atom is -0.444 e. The van der Waals surface area contributed by atoms with Gasteiger partial charge >= 0.3 is 0 Å². The third-order valence-electron chi connectivity index (χ3n) is 4.09. The molecule has 0 saturated heterocycles. The Morgan fingerprint density at radius 1 is 1.50 bits per heavy atom. The first-order valence-corrected chi connectivity index (χ1v) is 7.40. The van der Waals surface area contributed by atoms with Crippen LogP contribution in [0.1, 0.15) is 50.6 Å². The Kier molecular flexibility index (Phi) is 3.49. The van der Waals surface area contributed by atoms with Crippen LogP contribution in [0.5, 0.6) is 0 Å². The molecular formula is C16H18N4O2. The molecule has 2 heterocycles. The number of nitrogens with zero attached hydrogens (tertiary/aromatic N) is 3. The quantitative estimate of drug-likeness (QED) is 0.904. The minimum absolute atomic E-state index is 0.0313. The number of carbonyl (C=O) groups is 1. The molecule has 22 heavy (non-hydrogen) atoms. The number of hydrogen-bond acceptors (Lipinski definition) is 5. The zero-order valence-corrected chi connectivity index (χ0v) is 12.7. The molecule has 0 radical (unpaired) electrons. The highest BCUT2D eigenvalue weighted by molar-refractivity contribution is 5.99. The van der Waals surface area contributed by atoms with Gasteiger partial charge in [0.15, 0.2) is 5.78 Å². The summed E-state index contributed by atoms with van der Waals surface area (Å²) in [5.74, 6) is 0.270. The number of ether oxygens (including phenoxy) is 1. The number of carbonyl (C=O) groups excluding carboxylic acids is 1. The van der Waals surface area contributed by atoms with E-state index in [0.29, 0.717) is 24.2 Å². The van der Waals surface area contributed by atoms with Crippen molar-refractivity contribution in [2.24, 2.45) is 5.73 Å². The van der Waals surface area contributed by atoms with Crippen molar-refractivity contribution in [1.29, 1.82) is 5.26 Å². The molecule has 114 valence electrons. The molecule has 1 aromatic rings. The van der Waals surface area contributed by atoms with Crippen LogP contribution in [0.3, 0.4) is 0 Å². The maximum absolute atomic E-state index is 12.4. The summed E-state index contributed by atoms with van der Waals surface area (Å²) in [5.41, 5.74) is 7.56. The fourth-order valence-corrected chi connectivity index (χ4v) is 2.97. The van der Waals surface area contributed by atoms with E-state index in [4.69, 9.17) is 10.5 Å². The van der Waals surface area contributed by atoms with Crippen molar-refractivity contribution in [3.05, 3.63) is 40.7 Å². The summed E-state index contributed by atoms with van der Waals surface area (Å²) >= 11 is 0. The lowest BCUT2D eigenvalue weighted by Gasteiger charge is -2.30. The molecular weight excluding hydrogens is 280 g/mol. The first kappa shape index (κ1) is 14.4. The van der Waals surface area contributed by atoms with Gasteiger partial charge in [-0.3, -0.25) is 9.48 Å². The van der Waals surface area contributed by atoms with Gasteiger partial charge in [-0.15, -0.1) is 0 Å². The number of Topliss-reactive ketones (excluding diaryl/α,β-unsaturated/α-hetero) is 1. The van der Waals surface area contributed by atoms with Gasteiger partial charge in [0.2, 0.25) is 5.88 Å². The molecule has 1 aromatic heterocycles. The third-order valence-corrected chi connectivity index (χ3v) is 4.09. The van der Waals surface area contributed by atoms with Gasteiger partial charge in [0, 0.05) is 36.2 Å². The normalized spacial score (nSPS) is 21.7. The van der Waals surface area contributed by atoms with Crippen LogP contribution in [0, 0.1) is 11.3 Å². The number of aromatic nitrogens is 2. The molecule has 1 atom stereocenters. The van der Waals surface area contributed by atoms with Crippen LogP contribution in [-0.2, 0) is 9.53 Å². The lowest BCUT2D eigenvalue weighted by molar-refractivity contribution is -0.116. The first-order valence-electron chi connectivity index (χ1n) is 7.40. The standard InChI is InChI=1S/C16H18N4O2/c1-9(2)20-8-10(7-19-20)14-11(6-17)16(18)22-13-5-3-4-12(21)15(13)14/h7-9,14H,3-5,18H2,1-2H3/t14-/m1/s1. The molecule has 6 nitrogen and oxygen atoms in total. The molecule has 6 heteroatoms. The van der Waals surface area contributed by atoms with Crippen molar-refractivity contribution in [2.75, 3.05) is 0 Å². The largest absolute Gasteiger partial charge is 0.444 e. The minimum atomic E-state index is -0.464. The van der Waals surface area contributed by atoms with Crippen molar-refractivity contribution >= 4 is 5.78 Å². The van der Waals surface area contributed by atoms with E-state index in [1.54, 1.807) is 6.20 Å². The van der Waals surface area contributed by atoms with Crippen LogP contribution < -0.4 is 5.73 Å². The Bertz CT molecular complexity index is 734. The molecule has 0 spiro atoms. The van der Waals surface area contributed by atoms with Crippen LogP contribution in [-0.4, -0.2) is 15.6 Å². The Morgan fingerprint density at radius 3 is 2.91 bits per heavy atom. The number of hydrogen-bond donors (Lipinski definition) is 1. The average Bonchev–Trinajstić information content (AvgIpc) is 2.95. The van der Waals surface area contributed by atoms with Gasteiger partial charge in [0.1, 0.15) is 17.4 Å². The highest BCUT2D eigenvalue weighted by atomic mass is 16.5. The summed E-state index contributed by atoms with van der Waals surface area (Å²) in [6.07, 6.45) is 5.49. The maximum Gasteiger partial charge on any atom is 0.205 e. The SMILES string of the molecule is CC(C)n1cc([C@@H]2C(C#N)=C(N)OC3=C2C(=O)CCC3)cn1. The predicted molar refractivity (Wildman–Crippen MR) is 79.1 cm³/mol. The summed E-state index contributed by atoms with van der Waals surface area (Å²) in [7, 11) is 0. The molecule has 0 amide bonds. The van der Waals surface area contributed by atoms with Crippen molar-refractivity contribution in [3.8, 4) is 6.07 Å². The molecule has 2 aliphatic rings. The second kappa shape index (κ2) is 5.34. The molecule has 0 bridgehead atoms.